The summed E-state index contributed by atoms with van der Waals surface area (Å²) in [7, 11) is 0. The molecule has 0 saturated heterocycles. The molecule has 24 heavy (non-hydrogen) atoms. The van der Waals surface area contributed by atoms with Crippen molar-refractivity contribution in [1.82, 2.24) is 0 Å². The van der Waals surface area contributed by atoms with Crippen LogP contribution in [-0.4, -0.2) is 5.78 Å². The maximum atomic E-state index is 12.6. The van der Waals surface area contributed by atoms with Crippen molar-refractivity contribution in [3.8, 4) is 12.1 Å². The number of furan rings is 1. The highest BCUT2D eigenvalue weighted by molar-refractivity contribution is 6.00. The standard InChI is InChI=1S/C17H9F3N2O2/c18-17(19,20)11-5-3-10(4-6-11)13-14(16(13,8-21)9-22)15(23)12-2-1-7-24-12/h1-7,13-14H. The Morgan fingerprint density at radius 2 is 1.75 bits per heavy atom. The zero-order valence-electron chi connectivity index (χ0n) is 12.0. The van der Waals surface area contributed by atoms with Crippen LogP contribution in [0.25, 0.3) is 0 Å². The maximum Gasteiger partial charge on any atom is 0.416 e. The van der Waals surface area contributed by atoms with Gasteiger partial charge in [0, 0.05) is 5.92 Å². The second-order valence-corrected chi connectivity index (χ2v) is 5.51. The highest BCUT2D eigenvalue weighted by Gasteiger charge is 2.71. The number of carbonyl (C=O) groups excluding carboxylic acids is 1. The first-order chi connectivity index (χ1) is 11.3. The van der Waals surface area contributed by atoms with Gasteiger partial charge in [0.05, 0.1) is 29.9 Å². The van der Waals surface area contributed by atoms with Gasteiger partial charge >= 0.3 is 6.18 Å². The molecule has 1 aliphatic carbocycles. The van der Waals surface area contributed by atoms with Crippen molar-refractivity contribution >= 4 is 5.78 Å². The molecule has 0 bridgehead atoms. The summed E-state index contributed by atoms with van der Waals surface area (Å²) in [5, 5.41) is 18.7. The van der Waals surface area contributed by atoms with Crippen molar-refractivity contribution in [2.24, 2.45) is 11.3 Å². The number of hydrogen-bond acceptors (Lipinski definition) is 4. The van der Waals surface area contributed by atoms with Crippen LogP contribution in [0.2, 0.25) is 0 Å². The molecule has 1 saturated carbocycles. The van der Waals surface area contributed by atoms with E-state index in [1.165, 1.54) is 30.5 Å². The number of Topliss-reactive ketones (excluding diaryl/α,β-unsaturated/α-hetero) is 1. The third kappa shape index (κ3) is 2.26. The van der Waals surface area contributed by atoms with E-state index in [9.17, 15) is 28.5 Å². The average Bonchev–Trinajstić information content (AvgIpc) is 2.91. The van der Waals surface area contributed by atoms with Crippen LogP contribution in [0, 0.1) is 34.0 Å². The fraction of sp³-hybridized carbons (Fsp3) is 0.235. The van der Waals surface area contributed by atoms with E-state index in [0.717, 1.165) is 12.1 Å². The van der Waals surface area contributed by atoms with E-state index in [0.29, 0.717) is 5.56 Å². The van der Waals surface area contributed by atoms with E-state index in [2.05, 4.69) is 0 Å². The van der Waals surface area contributed by atoms with Gasteiger partial charge in [-0.2, -0.15) is 23.7 Å². The molecule has 0 spiro atoms. The zero-order chi connectivity index (χ0) is 17.5. The zero-order valence-corrected chi connectivity index (χ0v) is 12.0. The van der Waals surface area contributed by atoms with Crippen molar-refractivity contribution in [2.75, 3.05) is 0 Å². The largest absolute Gasteiger partial charge is 0.461 e. The monoisotopic (exact) mass is 330 g/mol. The van der Waals surface area contributed by atoms with E-state index < -0.39 is 34.8 Å². The summed E-state index contributed by atoms with van der Waals surface area (Å²) in [6.45, 7) is 0. The van der Waals surface area contributed by atoms with Crippen LogP contribution in [0.1, 0.15) is 27.6 Å². The van der Waals surface area contributed by atoms with Crippen LogP contribution in [0.3, 0.4) is 0 Å². The summed E-state index contributed by atoms with van der Waals surface area (Å²) < 4.78 is 42.9. The number of rotatable bonds is 3. The molecule has 0 amide bonds. The Balaban J connectivity index is 1.96. The van der Waals surface area contributed by atoms with Crippen LogP contribution >= 0.6 is 0 Å². The minimum Gasteiger partial charge on any atom is -0.461 e. The first-order valence-electron chi connectivity index (χ1n) is 6.92. The predicted molar refractivity (Wildman–Crippen MR) is 74.4 cm³/mol. The topological polar surface area (TPSA) is 77.8 Å². The molecule has 0 N–H and O–H groups in total. The first kappa shape index (κ1) is 15.8. The number of carbonyl (C=O) groups is 1. The van der Waals surface area contributed by atoms with Crippen molar-refractivity contribution in [3.63, 3.8) is 0 Å². The van der Waals surface area contributed by atoms with Crippen LogP contribution < -0.4 is 0 Å². The molecule has 1 fully saturated rings. The number of halogens is 3. The SMILES string of the molecule is N#CC1(C#N)C(C(=O)c2ccco2)C1c1ccc(C(F)(F)F)cc1. The quantitative estimate of drug-likeness (QED) is 0.799. The Morgan fingerprint density at radius 1 is 1.12 bits per heavy atom. The molecule has 1 aromatic heterocycles. The molecule has 7 heteroatoms. The van der Waals surface area contributed by atoms with Gasteiger partial charge in [-0.05, 0) is 29.8 Å². The average molecular weight is 330 g/mol. The minimum atomic E-state index is -4.48. The Labute approximate surface area is 134 Å². The molecule has 0 radical (unpaired) electrons. The van der Waals surface area contributed by atoms with Gasteiger partial charge in [0.2, 0.25) is 5.78 Å². The Hall–Kier alpha value is -3.06. The lowest BCUT2D eigenvalue weighted by Crippen LogP contribution is -2.07. The molecule has 4 nitrogen and oxygen atoms in total. The minimum absolute atomic E-state index is 0.0179. The molecule has 2 unspecified atom stereocenters. The molecule has 2 atom stereocenters. The third-order valence-corrected chi connectivity index (χ3v) is 4.22. The number of hydrogen-bond donors (Lipinski definition) is 0. The lowest BCUT2D eigenvalue weighted by Gasteiger charge is -2.07. The summed E-state index contributed by atoms with van der Waals surface area (Å²) in [5.41, 5.74) is -2.08. The van der Waals surface area contributed by atoms with E-state index >= 15 is 0 Å². The van der Waals surface area contributed by atoms with Crippen molar-refractivity contribution in [1.29, 1.82) is 10.5 Å². The van der Waals surface area contributed by atoms with E-state index in [-0.39, 0.29) is 5.76 Å². The lowest BCUT2D eigenvalue weighted by molar-refractivity contribution is -0.137. The highest BCUT2D eigenvalue weighted by Crippen LogP contribution is 2.65. The van der Waals surface area contributed by atoms with Crippen LogP contribution in [-0.2, 0) is 6.18 Å². The third-order valence-electron chi connectivity index (χ3n) is 4.22. The molecule has 0 aliphatic heterocycles. The van der Waals surface area contributed by atoms with Crippen LogP contribution in [0.15, 0.2) is 47.1 Å². The van der Waals surface area contributed by atoms with Crippen molar-refractivity contribution < 1.29 is 22.4 Å². The Morgan fingerprint density at radius 3 is 2.21 bits per heavy atom. The van der Waals surface area contributed by atoms with Gasteiger partial charge in [0.25, 0.3) is 0 Å². The van der Waals surface area contributed by atoms with E-state index in [4.69, 9.17) is 4.42 Å². The molecule has 1 heterocycles. The van der Waals surface area contributed by atoms with Gasteiger partial charge in [-0.15, -0.1) is 0 Å². The smallest absolute Gasteiger partial charge is 0.416 e. The van der Waals surface area contributed by atoms with Crippen molar-refractivity contribution in [3.05, 3.63) is 59.5 Å². The lowest BCUT2D eigenvalue weighted by atomic mass is 10.0. The number of benzene rings is 1. The highest BCUT2D eigenvalue weighted by atomic mass is 19.4. The van der Waals surface area contributed by atoms with Crippen LogP contribution in [0.5, 0.6) is 0 Å². The summed E-state index contributed by atoms with van der Waals surface area (Å²) in [6.07, 6.45) is -3.18. The molecule has 3 rings (SSSR count). The van der Waals surface area contributed by atoms with Gasteiger partial charge in [0.15, 0.2) is 11.2 Å². The predicted octanol–water partition coefficient (Wildman–Crippen LogP) is 3.93. The number of nitrogens with zero attached hydrogens (tertiary/aromatic N) is 2. The van der Waals surface area contributed by atoms with Gasteiger partial charge in [-0.1, -0.05) is 12.1 Å². The first-order valence-corrected chi connectivity index (χ1v) is 6.92. The second-order valence-electron chi connectivity index (χ2n) is 5.51. The van der Waals surface area contributed by atoms with E-state index in [1.807, 2.05) is 12.1 Å². The Bertz CT molecular complexity index is 841. The fourth-order valence-electron chi connectivity index (χ4n) is 2.96. The molecule has 1 aromatic carbocycles. The van der Waals surface area contributed by atoms with Gasteiger partial charge < -0.3 is 4.42 Å². The molecular weight excluding hydrogens is 321 g/mol. The van der Waals surface area contributed by atoms with Crippen molar-refractivity contribution in [2.45, 2.75) is 12.1 Å². The van der Waals surface area contributed by atoms with Gasteiger partial charge in [-0.3, -0.25) is 4.79 Å². The molecule has 1 aliphatic rings. The summed E-state index contributed by atoms with van der Waals surface area (Å²) in [5.74, 6) is -2.24. The Kier molecular flexibility index (Phi) is 3.46. The fourth-order valence-corrected chi connectivity index (χ4v) is 2.96. The van der Waals surface area contributed by atoms with Gasteiger partial charge in [0.1, 0.15) is 0 Å². The number of alkyl halides is 3. The van der Waals surface area contributed by atoms with Gasteiger partial charge in [-0.25, -0.2) is 0 Å². The molecule has 120 valence electrons. The molecule has 2 aromatic rings. The normalized spacial score (nSPS) is 21.5. The maximum absolute atomic E-state index is 12.6. The van der Waals surface area contributed by atoms with E-state index in [1.54, 1.807) is 0 Å². The summed E-state index contributed by atoms with van der Waals surface area (Å²) in [6, 6.07) is 10.8. The number of ketones is 1. The summed E-state index contributed by atoms with van der Waals surface area (Å²) >= 11 is 0. The summed E-state index contributed by atoms with van der Waals surface area (Å²) in [4.78, 5) is 12.4. The second kappa shape index (κ2) is 5.24. The van der Waals surface area contributed by atoms with Crippen LogP contribution in [0.4, 0.5) is 13.2 Å². The number of nitriles is 2. The molecular formula is C17H9F3N2O2.